The maximum absolute atomic E-state index is 14.3. The Kier molecular flexibility index (Phi) is 6.69. The number of benzene rings is 1. The molecule has 2 saturated carbocycles. The van der Waals surface area contributed by atoms with Gasteiger partial charge in [-0.25, -0.2) is 8.42 Å². The number of ketones is 1. The van der Waals surface area contributed by atoms with Crippen LogP contribution in [-0.4, -0.2) is 60.7 Å². The standard InChI is InChI=1S/C26H38N4O6PS/c1-6-36-37(33)20-14-18(29-38(5,34)35)9-10-19(20)27-23(28-37)21-22(31)26(15-16-7-8-17(26)13-16)30(24(21)32)12-11-25(2,3)4/h9-10,14,16-17,21,29,33H,6-8,11-13,15H2,1-5H3,(H,27,28)/q+1. The first-order chi connectivity index (χ1) is 17.7. The molecule has 5 rings (SSSR count). The summed E-state index contributed by atoms with van der Waals surface area (Å²) >= 11 is 0. The molecular formula is C26H38N4O6PS+. The molecule has 5 atom stereocenters. The third kappa shape index (κ3) is 4.65. The second-order valence-corrected chi connectivity index (χ2v) is 16.1. The molecule has 1 aromatic carbocycles. The minimum Gasteiger partial charge on any atom is -0.336 e. The van der Waals surface area contributed by atoms with Gasteiger partial charge in [-0.3, -0.25) is 14.3 Å². The molecule has 12 heteroatoms. The van der Waals surface area contributed by atoms with E-state index in [1.807, 2.05) is 4.90 Å². The topological polar surface area (TPSA) is 137 Å². The highest BCUT2D eigenvalue weighted by Crippen LogP contribution is 2.62. The van der Waals surface area contributed by atoms with E-state index in [9.17, 15) is 22.9 Å². The molecule has 208 valence electrons. The summed E-state index contributed by atoms with van der Waals surface area (Å²) in [4.78, 5) is 41.8. The predicted molar refractivity (Wildman–Crippen MR) is 149 cm³/mol. The Morgan fingerprint density at radius 1 is 1.29 bits per heavy atom. The van der Waals surface area contributed by atoms with Gasteiger partial charge in [-0.15, -0.1) is 0 Å². The first kappa shape index (κ1) is 27.5. The zero-order chi connectivity index (χ0) is 27.7. The third-order valence-electron chi connectivity index (χ3n) is 8.29. The van der Waals surface area contributed by atoms with E-state index in [4.69, 9.17) is 4.52 Å². The van der Waals surface area contributed by atoms with Crippen molar-refractivity contribution in [2.24, 2.45) is 27.9 Å². The fraction of sp³-hybridized carbons (Fsp3) is 0.654. The molecule has 1 spiro atoms. The maximum atomic E-state index is 14.3. The molecule has 0 aromatic heterocycles. The summed E-state index contributed by atoms with van der Waals surface area (Å²) in [5.41, 5.74) is -0.120. The van der Waals surface area contributed by atoms with Crippen LogP contribution in [0.1, 0.15) is 59.8 Å². The van der Waals surface area contributed by atoms with Crippen LogP contribution >= 0.6 is 7.87 Å². The predicted octanol–water partition coefficient (Wildman–Crippen LogP) is 3.32. The molecule has 38 heavy (non-hydrogen) atoms. The fourth-order valence-corrected chi connectivity index (χ4v) is 9.13. The van der Waals surface area contributed by atoms with Crippen molar-refractivity contribution in [3.05, 3.63) is 18.2 Å². The number of fused-ring (bicyclic) bond motifs is 4. The lowest BCUT2D eigenvalue weighted by atomic mass is 9.76. The van der Waals surface area contributed by atoms with Crippen LogP contribution in [0.5, 0.6) is 0 Å². The Bertz CT molecular complexity index is 1310. The molecular weight excluding hydrogens is 527 g/mol. The molecule has 2 heterocycles. The summed E-state index contributed by atoms with van der Waals surface area (Å²) in [6, 6.07) is 4.64. The number of rotatable bonds is 7. The number of likely N-dealkylation sites (tertiary alicyclic amines) is 1. The monoisotopic (exact) mass is 565 g/mol. The van der Waals surface area contributed by atoms with Crippen molar-refractivity contribution in [3.8, 4) is 0 Å². The largest absolute Gasteiger partial charge is 0.431 e. The van der Waals surface area contributed by atoms with Crippen LogP contribution < -0.4 is 15.3 Å². The highest BCUT2D eigenvalue weighted by Gasteiger charge is 2.68. The number of hydrogen-bond donors (Lipinski definition) is 3. The second kappa shape index (κ2) is 9.25. The van der Waals surface area contributed by atoms with Gasteiger partial charge in [0.1, 0.15) is 5.54 Å². The van der Waals surface area contributed by atoms with Crippen molar-refractivity contribution >= 4 is 52.1 Å². The number of sulfonamides is 1. The van der Waals surface area contributed by atoms with Crippen LogP contribution in [0.4, 0.5) is 11.4 Å². The van der Waals surface area contributed by atoms with Gasteiger partial charge in [0.25, 0.3) is 0 Å². The Labute approximate surface area is 225 Å². The summed E-state index contributed by atoms with van der Waals surface area (Å²) in [5, 5.41) is 3.44. The van der Waals surface area contributed by atoms with Gasteiger partial charge in [-0.1, -0.05) is 20.8 Å². The lowest BCUT2D eigenvalue weighted by Crippen LogP contribution is -2.54. The summed E-state index contributed by atoms with van der Waals surface area (Å²) in [5.74, 6) is -0.820. The molecule has 2 bridgehead atoms. The zero-order valence-corrected chi connectivity index (χ0v) is 24.4. The Morgan fingerprint density at radius 3 is 2.61 bits per heavy atom. The SMILES string of the molecule is CCO[P+]1(O)N=C(C2C(=O)N(CCC(C)(C)C)C3(CC4CCC3C4)C2=O)Nc2ccc(NS(C)(=O)=O)cc21. The quantitative estimate of drug-likeness (QED) is 0.341. The lowest BCUT2D eigenvalue weighted by molar-refractivity contribution is -0.136. The number of carbonyl (C=O) groups is 2. The number of carbonyl (C=O) groups excluding carboxylic acids is 2. The summed E-state index contributed by atoms with van der Waals surface area (Å²) in [6.07, 6.45) is 5.51. The van der Waals surface area contributed by atoms with Crippen molar-refractivity contribution in [2.75, 3.05) is 29.4 Å². The number of hydrogen-bond acceptors (Lipinski definition) is 8. The molecule has 4 aliphatic rings. The number of nitrogens with zero attached hydrogens (tertiary/aromatic N) is 2. The van der Waals surface area contributed by atoms with E-state index in [-0.39, 0.29) is 41.2 Å². The average Bonchev–Trinajstić information content (AvgIpc) is 3.45. The molecule has 3 fully saturated rings. The molecule has 2 aliphatic carbocycles. The molecule has 0 radical (unpaired) electrons. The number of anilines is 2. The zero-order valence-electron chi connectivity index (χ0n) is 22.7. The fourth-order valence-electron chi connectivity index (χ4n) is 6.71. The molecule has 5 unspecified atom stereocenters. The van der Waals surface area contributed by atoms with Gasteiger partial charge in [0, 0.05) is 12.6 Å². The second-order valence-electron chi connectivity index (χ2n) is 12.3. The van der Waals surface area contributed by atoms with Gasteiger partial charge >= 0.3 is 7.87 Å². The molecule has 2 aliphatic heterocycles. The third-order valence-corrected chi connectivity index (χ3v) is 11.0. The van der Waals surface area contributed by atoms with Crippen LogP contribution in [0, 0.1) is 23.2 Å². The van der Waals surface area contributed by atoms with Crippen molar-refractivity contribution < 1.29 is 27.4 Å². The highest BCUT2D eigenvalue weighted by atomic mass is 32.2. The highest BCUT2D eigenvalue weighted by molar-refractivity contribution is 7.92. The number of amides is 1. The molecule has 1 saturated heterocycles. The minimum atomic E-state index is -3.66. The number of amidine groups is 1. The first-order valence-corrected chi connectivity index (χ1v) is 16.8. The first-order valence-electron chi connectivity index (χ1n) is 13.3. The van der Waals surface area contributed by atoms with E-state index in [0.717, 1.165) is 31.9 Å². The average molecular weight is 566 g/mol. The van der Waals surface area contributed by atoms with E-state index >= 15 is 0 Å². The maximum Gasteiger partial charge on any atom is 0.431 e. The van der Waals surface area contributed by atoms with Gasteiger partial charge < -0.3 is 10.2 Å². The van der Waals surface area contributed by atoms with Crippen molar-refractivity contribution in [2.45, 2.75) is 65.3 Å². The summed E-state index contributed by atoms with van der Waals surface area (Å²) < 4.78 is 36.2. The number of Topliss-reactive ketones (excluding diaryl/α,β-unsaturated/α-hetero) is 1. The van der Waals surface area contributed by atoms with Crippen LogP contribution in [0.15, 0.2) is 23.0 Å². The van der Waals surface area contributed by atoms with E-state index in [1.54, 1.807) is 19.1 Å². The summed E-state index contributed by atoms with van der Waals surface area (Å²) in [7, 11) is -7.20. The molecule has 10 nitrogen and oxygen atoms in total. The molecule has 1 aromatic rings. The van der Waals surface area contributed by atoms with Crippen LogP contribution in [0.2, 0.25) is 0 Å². The Hall–Kier alpha value is -2.07. The van der Waals surface area contributed by atoms with E-state index in [0.29, 0.717) is 29.9 Å². The van der Waals surface area contributed by atoms with Crippen LogP contribution in [-0.2, 0) is 24.1 Å². The smallest absolute Gasteiger partial charge is 0.336 e. The van der Waals surface area contributed by atoms with Crippen molar-refractivity contribution in [3.63, 3.8) is 0 Å². The van der Waals surface area contributed by atoms with E-state index < -0.39 is 29.3 Å². The Morgan fingerprint density at radius 2 is 2.03 bits per heavy atom. The molecule has 3 N–H and O–H groups in total. The van der Waals surface area contributed by atoms with E-state index in [2.05, 4.69) is 35.6 Å². The molecule has 1 amide bonds. The number of nitrogens with one attached hydrogen (secondary N) is 2. The normalized spacial score (nSPS) is 32.5. The van der Waals surface area contributed by atoms with Crippen LogP contribution in [0.3, 0.4) is 0 Å². The minimum absolute atomic E-state index is 0.00175. The van der Waals surface area contributed by atoms with Crippen molar-refractivity contribution in [1.29, 1.82) is 0 Å². The van der Waals surface area contributed by atoms with Gasteiger partial charge in [0.2, 0.25) is 21.2 Å². The lowest BCUT2D eigenvalue weighted by Gasteiger charge is -2.41. The van der Waals surface area contributed by atoms with Gasteiger partial charge in [0.15, 0.2) is 17.5 Å². The van der Waals surface area contributed by atoms with Crippen LogP contribution in [0.25, 0.3) is 0 Å². The van der Waals surface area contributed by atoms with Gasteiger partial charge in [-0.05, 0) is 73.2 Å². The van der Waals surface area contributed by atoms with Crippen molar-refractivity contribution in [1.82, 2.24) is 4.90 Å². The Balaban J connectivity index is 1.54. The van der Waals surface area contributed by atoms with Gasteiger partial charge in [0.05, 0.1) is 24.2 Å². The van der Waals surface area contributed by atoms with E-state index in [1.165, 1.54) is 6.07 Å². The van der Waals surface area contributed by atoms with Gasteiger partial charge in [-0.2, -0.15) is 9.42 Å². The summed E-state index contributed by atoms with van der Waals surface area (Å²) in [6.45, 7) is 8.75.